The van der Waals surface area contributed by atoms with Crippen molar-refractivity contribution in [1.82, 2.24) is 4.98 Å². The molecule has 7 heteroatoms. The van der Waals surface area contributed by atoms with E-state index < -0.39 is 5.97 Å². The third-order valence-electron chi connectivity index (χ3n) is 3.04. The minimum absolute atomic E-state index is 0.153. The van der Waals surface area contributed by atoms with Gasteiger partial charge in [0.2, 0.25) is 0 Å². The van der Waals surface area contributed by atoms with Crippen LogP contribution in [0.2, 0.25) is 0 Å². The second-order valence-electron chi connectivity index (χ2n) is 4.31. The molecule has 0 spiro atoms. The summed E-state index contributed by atoms with van der Waals surface area (Å²) in [6, 6.07) is 3.35. The maximum atomic E-state index is 12.3. The Hall–Kier alpha value is -1.86. The molecule has 0 bridgehead atoms. The van der Waals surface area contributed by atoms with Crippen LogP contribution in [0.4, 0.5) is 5.00 Å². The number of hydrogen-bond acceptors (Lipinski definition) is 5. The van der Waals surface area contributed by atoms with E-state index in [0.29, 0.717) is 21.2 Å². The number of carbonyl (C=O) groups excluding carboxylic acids is 1. The molecule has 0 atom stereocenters. The zero-order valence-corrected chi connectivity index (χ0v) is 13.4. The summed E-state index contributed by atoms with van der Waals surface area (Å²) in [7, 11) is 0. The van der Waals surface area contributed by atoms with Gasteiger partial charge >= 0.3 is 5.97 Å². The highest BCUT2D eigenvalue weighted by molar-refractivity contribution is 7.98. The van der Waals surface area contributed by atoms with Crippen LogP contribution in [0.15, 0.2) is 23.4 Å². The number of carbonyl (C=O) groups is 2. The first-order chi connectivity index (χ1) is 9.95. The van der Waals surface area contributed by atoms with Crippen LogP contribution in [-0.2, 0) is 0 Å². The van der Waals surface area contributed by atoms with Gasteiger partial charge in [0.25, 0.3) is 5.91 Å². The molecule has 2 aromatic rings. The molecular weight excluding hydrogens is 308 g/mol. The van der Waals surface area contributed by atoms with Crippen LogP contribution < -0.4 is 5.32 Å². The number of rotatable bonds is 4. The number of pyridine rings is 1. The Labute approximate surface area is 130 Å². The topological polar surface area (TPSA) is 79.3 Å². The zero-order valence-electron chi connectivity index (χ0n) is 11.8. The third-order valence-corrected chi connectivity index (χ3v) is 4.87. The third kappa shape index (κ3) is 3.08. The summed E-state index contributed by atoms with van der Waals surface area (Å²) in [6.07, 6.45) is 3.45. The van der Waals surface area contributed by atoms with Crippen LogP contribution in [0.5, 0.6) is 0 Å². The molecule has 0 saturated carbocycles. The fourth-order valence-electron chi connectivity index (χ4n) is 1.87. The molecule has 0 aliphatic carbocycles. The van der Waals surface area contributed by atoms with Gasteiger partial charge in [-0.3, -0.25) is 4.79 Å². The normalized spacial score (nSPS) is 10.4. The van der Waals surface area contributed by atoms with E-state index in [1.54, 1.807) is 25.3 Å². The zero-order chi connectivity index (χ0) is 15.6. The van der Waals surface area contributed by atoms with E-state index in [1.807, 2.05) is 13.2 Å². The van der Waals surface area contributed by atoms with E-state index in [0.717, 1.165) is 4.88 Å². The Morgan fingerprint density at radius 3 is 2.71 bits per heavy atom. The van der Waals surface area contributed by atoms with Crippen molar-refractivity contribution >= 4 is 40.0 Å². The molecule has 110 valence electrons. The lowest BCUT2D eigenvalue weighted by atomic mass is 10.1. The second-order valence-corrected chi connectivity index (χ2v) is 6.33. The van der Waals surface area contributed by atoms with E-state index in [1.165, 1.54) is 23.1 Å². The summed E-state index contributed by atoms with van der Waals surface area (Å²) >= 11 is 2.63. The minimum atomic E-state index is -1.04. The number of thioether (sulfide) groups is 1. The highest BCUT2D eigenvalue weighted by Gasteiger charge is 2.21. The number of aromatic carboxylic acids is 1. The summed E-state index contributed by atoms with van der Waals surface area (Å²) in [5.74, 6) is -1.39. The monoisotopic (exact) mass is 322 g/mol. The molecular formula is C14H14N2O3S2. The SMILES string of the molecule is CSc1ncccc1C(=O)Nc1sc(C)c(C)c1C(=O)O. The Morgan fingerprint density at radius 2 is 2.10 bits per heavy atom. The van der Waals surface area contributed by atoms with Gasteiger partial charge in [-0.1, -0.05) is 0 Å². The Bertz CT molecular complexity index is 710. The lowest BCUT2D eigenvalue weighted by Gasteiger charge is -2.07. The van der Waals surface area contributed by atoms with Crippen molar-refractivity contribution < 1.29 is 14.7 Å². The predicted octanol–water partition coefficient (Wildman–Crippen LogP) is 3.43. The first-order valence-corrected chi connectivity index (χ1v) is 8.13. The maximum Gasteiger partial charge on any atom is 0.338 e. The standard InChI is InChI=1S/C14H14N2O3S2/c1-7-8(2)21-13(10(7)14(18)19)16-11(17)9-5-4-6-15-12(9)20-3/h4-6H,1-3H3,(H,16,17)(H,18,19). The molecule has 0 aliphatic heterocycles. The quantitative estimate of drug-likeness (QED) is 0.843. The Morgan fingerprint density at radius 1 is 1.38 bits per heavy atom. The average Bonchev–Trinajstić information content (AvgIpc) is 2.73. The van der Waals surface area contributed by atoms with Gasteiger partial charge in [0.1, 0.15) is 10.0 Å². The van der Waals surface area contributed by atoms with E-state index in [2.05, 4.69) is 10.3 Å². The molecule has 0 radical (unpaired) electrons. The number of hydrogen-bond donors (Lipinski definition) is 2. The number of nitrogens with one attached hydrogen (secondary N) is 1. The number of thiophene rings is 1. The fraction of sp³-hybridized carbons (Fsp3) is 0.214. The molecule has 2 rings (SSSR count). The van der Waals surface area contributed by atoms with Crippen molar-refractivity contribution in [2.75, 3.05) is 11.6 Å². The van der Waals surface area contributed by atoms with E-state index in [4.69, 9.17) is 0 Å². The summed E-state index contributed by atoms with van der Waals surface area (Å²) in [6.45, 7) is 3.57. The number of amides is 1. The molecule has 0 saturated heterocycles. The fourth-order valence-corrected chi connectivity index (χ4v) is 3.46. The van der Waals surface area contributed by atoms with Crippen LogP contribution in [0.3, 0.4) is 0 Å². The molecule has 2 N–H and O–H groups in total. The van der Waals surface area contributed by atoms with Crippen molar-refractivity contribution in [3.8, 4) is 0 Å². The van der Waals surface area contributed by atoms with E-state index >= 15 is 0 Å². The van der Waals surface area contributed by atoms with Gasteiger partial charge in [0.15, 0.2) is 0 Å². The van der Waals surface area contributed by atoms with E-state index in [9.17, 15) is 14.7 Å². The summed E-state index contributed by atoms with van der Waals surface area (Å²) in [4.78, 5) is 28.7. The lowest BCUT2D eigenvalue weighted by Crippen LogP contribution is -2.15. The number of anilines is 1. The van der Waals surface area contributed by atoms with Gasteiger partial charge in [-0.15, -0.1) is 23.1 Å². The van der Waals surface area contributed by atoms with Crippen molar-refractivity contribution in [2.45, 2.75) is 18.9 Å². The summed E-state index contributed by atoms with van der Waals surface area (Å²) in [5, 5.41) is 12.9. The maximum absolute atomic E-state index is 12.3. The van der Waals surface area contributed by atoms with Crippen LogP contribution in [0.25, 0.3) is 0 Å². The van der Waals surface area contributed by atoms with Crippen molar-refractivity contribution in [1.29, 1.82) is 0 Å². The van der Waals surface area contributed by atoms with Crippen LogP contribution >= 0.6 is 23.1 Å². The van der Waals surface area contributed by atoms with Crippen molar-refractivity contribution in [3.63, 3.8) is 0 Å². The first kappa shape index (κ1) is 15.5. The van der Waals surface area contributed by atoms with Gasteiger partial charge in [0, 0.05) is 11.1 Å². The molecule has 21 heavy (non-hydrogen) atoms. The van der Waals surface area contributed by atoms with E-state index in [-0.39, 0.29) is 11.5 Å². The minimum Gasteiger partial charge on any atom is -0.478 e. The number of aryl methyl sites for hydroxylation is 1. The summed E-state index contributed by atoms with van der Waals surface area (Å²) < 4.78 is 0. The molecule has 1 amide bonds. The molecule has 2 aromatic heterocycles. The summed E-state index contributed by atoms with van der Waals surface area (Å²) in [5.41, 5.74) is 1.27. The van der Waals surface area contributed by atoms with Crippen molar-refractivity contribution in [3.05, 3.63) is 39.9 Å². The largest absolute Gasteiger partial charge is 0.478 e. The van der Waals surface area contributed by atoms with Gasteiger partial charge in [-0.25, -0.2) is 9.78 Å². The molecule has 0 fully saturated rings. The molecule has 2 heterocycles. The van der Waals surface area contributed by atoms with Gasteiger partial charge < -0.3 is 10.4 Å². The van der Waals surface area contributed by atoms with Crippen molar-refractivity contribution in [2.24, 2.45) is 0 Å². The Kier molecular flexibility index (Phi) is 4.64. The number of nitrogens with zero attached hydrogens (tertiary/aromatic N) is 1. The van der Waals surface area contributed by atoms with Gasteiger partial charge in [-0.05, 0) is 37.8 Å². The van der Waals surface area contributed by atoms with Gasteiger partial charge in [-0.2, -0.15) is 0 Å². The molecule has 0 aliphatic rings. The molecule has 5 nitrogen and oxygen atoms in total. The van der Waals surface area contributed by atoms with Crippen LogP contribution in [0, 0.1) is 13.8 Å². The van der Waals surface area contributed by atoms with Crippen LogP contribution in [0.1, 0.15) is 31.2 Å². The highest BCUT2D eigenvalue weighted by Crippen LogP contribution is 2.33. The predicted molar refractivity (Wildman–Crippen MR) is 84.7 cm³/mol. The van der Waals surface area contributed by atoms with Gasteiger partial charge in [0.05, 0.1) is 11.1 Å². The Balaban J connectivity index is 2.36. The highest BCUT2D eigenvalue weighted by atomic mass is 32.2. The first-order valence-electron chi connectivity index (χ1n) is 6.09. The van der Waals surface area contributed by atoms with Crippen LogP contribution in [-0.4, -0.2) is 28.2 Å². The molecule has 0 aromatic carbocycles. The number of carboxylic acid groups (broad SMARTS) is 1. The number of aromatic nitrogens is 1. The average molecular weight is 322 g/mol. The lowest BCUT2D eigenvalue weighted by molar-refractivity contribution is 0.0697. The molecule has 0 unspecified atom stereocenters. The number of carboxylic acids is 1. The second kappa shape index (κ2) is 6.28. The smallest absolute Gasteiger partial charge is 0.338 e.